The fraction of sp³-hybridized carbons (Fsp3) is 0.120. The van der Waals surface area contributed by atoms with Crippen molar-refractivity contribution in [1.29, 1.82) is 0 Å². The Bertz CT molecular complexity index is 1290. The Hall–Kier alpha value is -3.46. The van der Waals surface area contributed by atoms with Gasteiger partial charge in [0.15, 0.2) is 0 Å². The standard InChI is InChI=1S/C25H17N3/c1-2-8-20-15(5-1)11-18-13-19-12-16-6-3-9-26-24(16)28-23(19)21(22(18)20)14-17-7-4-10-27-25(17)28/h1-10,13H,11-12,14H2. The Morgan fingerprint density at radius 3 is 2.14 bits per heavy atom. The maximum absolute atomic E-state index is 4.77. The number of benzene rings is 2. The van der Waals surface area contributed by atoms with Crippen LogP contribution in [0.3, 0.4) is 0 Å². The average Bonchev–Trinajstić information content (AvgIpc) is 3.11. The summed E-state index contributed by atoms with van der Waals surface area (Å²) >= 11 is 0. The van der Waals surface area contributed by atoms with Crippen LogP contribution in [0.1, 0.15) is 33.4 Å². The fourth-order valence-electron chi connectivity index (χ4n) is 5.29. The van der Waals surface area contributed by atoms with E-state index in [1.165, 1.54) is 50.2 Å². The van der Waals surface area contributed by atoms with Gasteiger partial charge in [0.25, 0.3) is 0 Å². The van der Waals surface area contributed by atoms with Gasteiger partial charge < -0.3 is 0 Å². The number of pyridine rings is 2. The molecule has 4 heterocycles. The van der Waals surface area contributed by atoms with Crippen LogP contribution in [-0.2, 0) is 19.3 Å². The molecule has 1 aliphatic carbocycles. The van der Waals surface area contributed by atoms with Gasteiger partial charge in [0.05, 0.1) is 5.69 Å². The van der Waals surface area contributed by atoms with E-state index in [4.69, 9.17) is 9.97 Å². The van der Waals surface area contributed by atoms with Gasteiger partial charge in [-0.25, -0.2) is 9.97 Å². The first kappa shape index (κ1) is 14.6. The molecule has 0 saturated heterocycles. The van der Waals surface area contributed by atoms with E-state index in [2.05, 4.69) is 47.4 Å². The topological polar surface area (TPSA) is 29.0 Å². The van der Waals surface area contributed by atoms with Crippen LogP contribution in [0.4, 0.5) is 17.3 Å². The molecule has 0 amide bonds. The van der Waals surface area contributed by atoms with Crippen LogP contribution < -0.4 is 4.90 Å². The van der Waals surface area contributed by atoms with Gasteiger partial charge in [-0.3, -0.25) is 4.90 Å². The lowest BCUT2D eigenvalue weighted by molar-refractivity contribution is 0.954. The molecule has 0 radical (unpaired) electrons. The lowest BCUT2D eigenvalue weighted by atomic mass is 9.84. The van der Waals surface area contributed by atoms with E-state index in [0.717, 1.165) is 30.9 Å². The zero-order valence-corrected chi connectivity index (χ0v) is 15.3. The number of aromatic nitrogens is 2. The van der Waals surface area contributed by atoms with E-state index in [9.17, 15) is 0 Å². The quantitative estimate of drug-likeness (QED) is 0.367. The molecule has 0 saturated carbocycles. The van der Waals surface area contributed by atoms with Crippen molar-refractivity contribution in [1.82, 2.24) is 9.97 Å². The molecule has 2 aliphatic heterocycles. The number of nitrogens with zero attached hydrogens (tertiary/aromatic N) is 3. The van der Waals surface area contributed by atoms with Crippen LogP contribution in [-0.4, -0.2) is 9.97 Å². The van der Waals surface area contributed by atoms with E-state index < -0.39 is 0 Å². The van der Waals surface area contributed by atoms with Crippen LogP contribution in [0.25, 0.3) is 11.1 Å². The SMILES string of the molecule is c1ccc2c(c1)Cc1cc3c4c(c1-2)Cc1cccnc1N4c1ncccc1C3. The normalized spacial score (nSPS) is 14.6. The molecule has 4 aromatic rings. The van der Waals surface area contributed by atoms with Crippen molar-refractivity contribution in [2.24, 2.45) is 0 Å². The zero-order valence-electron chi connectivity index (χ0n) is 15.3. The van der Waals surface area contributed by atoms with Crippen molar-refractivity contribution in [2.45, 2.75) is 19.3 Å². The van der Waals surface area contributed by atoms with Gasteiger partial charge in [-0.15, -0.1) is 0 Å². The molecule has 2 aromatic heterocycles. The fourth-order valence-corrected chi connectivity index (χ4v) is 5.29. The Morgan fingerprint density at radius 2 is 1.32 bits per heavy atom. The lowest BCUT2D eigenvalue weighted by Gasteiger charge is -2.38. The Balaban J connectivity index is 1.60. The van der Waals surface area contributed by atoms with Crippen molar-refractivity contribution >= 4 is 17.3 Å². The van der Waals surface area contributed by atoms with Gasteiger partial charge >= 0.3 is 0 Å². The molecular weight excluding hydrogens is 342 g/mol. The predicted octanol–water partition coefficient (Wildman–Crippen LogP) is 5.33. The zero-order chi connectivity index (χ0) is 18.2. The van der Waals surface area contributed by atoms with E-state index in [0.29, 0.717) is 0 Å². The summed E-state index contributed by atoms with van der Waals surface area (Å²) in [7, 11) is 0. The molecule has 3 aliphatic rings. The number of hydrogen-bond acceptors (Lipinski definition) is 3. The van der Waals surface area contributed by atoms with Gasteiger partial charge in [-0.2, -0.15) is 0 Å². The van der Waals surface area contributed by atoms with E-state index in [1.807, 2.05) is 24.5 Å². The van der Waals surface area contributed by atoms with Gasteiger partial charge in [0, 0.05) is 25.2 Å². The Morgan fingerprint density at radius 1 is 0.643 bits per heavy atom. The summed E-state index contributed by atoms with van der Waals surface area (Å²) in [4.78, 5) is 11.8. The number of rotatable bonds is 0. The number of hydrogen-bond donors (Lipinski definition) is 0. The summed E-state index contributed by atoms with van der Waals surface area (Å²) < 4.78 is 0. The monoisotopic (exact) mass is 359 g/mol. The molecule has 7 rings (SSSR count). The molecule has 0 spiro atoms. The summed E-state index contributed by atoms with van der Waals surface area (Å²) in [6.45, 7) is 0. The van der Waals surface area contributed by atoms with E-state index >= 15 is 0 Å². The predicted molar refractivity (Wildman–Crippen MR) is 111 cm³/mol. The summed E-state index contributed by atoms with van der Waals surface area (Å²) in [5, 5.41) is 0. The molecular formula is C25H17N3. The Kier molecular flexibility index (Phi) is 2.64. The number of fused-ring (bicyclic) bond motifs is 8. The van der Waals surface area contributed by atoms with Crippen molar-refractivity contribution in [3.05, 3.63) is 100 Å². The molecule has 0 fully saturated rings. The molecule has 0 N–H and O–H groups in total. The molecule has 28 heavy (non-hydrogen) atoms. The van der Waals surface area contributed by atoms with Crippen molar-refractivity contribution in [3.63, 3.8) is 0 Å². The summed E-state index contributed by atoms with van der Waals surface area (Å²) in [5.41, 5.74) is 12.4. The minimum Gasteiger partial charge on any atom is -0.278 e. The average molecular weight is 359 g/mol. The molecule has 0 bridgehead atoms. The van der Waals surface area contributed by atoms with E-state index in [-0.39, 0.29) is 0 Å². The highest BCUT2D eigenvalue weighted by atomic mass is 15.3. The molecule has 3 heteroatoms. The second kappa shape index (κ2) is 5.08. The van der Waals surface area contributed by atoms with Crippen molar-refractivity contribution in [2.75, 3.05) is 4.90 Å². The molecule has 0 atom stereocenters. The first-order chi connectivity index (χ1) is 13.9. The van der Waals surface area contributed by atoms with Crippen molar-refractivity contribution in [3.8, 4) is 11.1 Å². The maximum Gasteiger partial charge on any atom is 0.142 e. The summed E-state index contributed by atoms with van der Waals surface area (Å²) in [6.07, 6.45) is 6.69. The van der Waals surface area contributed by atoms with Crippen LogP contribution in [0.5, 0.6) is 0 Å². The van der Waals surface area contributed by atoms with Crippen molar-refractivity contribution < 1.29 is 0 Å². The Labute approximate surface area is 163 Å². The van der Waals surface area contributed by atoms with Gasteiger partial charge in [0.2, 0.25) is 0 Å². The van der Waals surface area contributed by atoms with Gasteiger partial charge in [-0.1, -0.05) is 42.5 Å². The molecule has 2 aromatic carbocycles. The third-order valence-electron chi connectivity index (χ3n) is 6.36. The van der Waals surface area contributed by atoms with Crippen LogP contribution in [0.2, 0.25) is 0 Å². The maximum atomic E-state index is 4.77. The summed E-state index contributed by atoms with van der Waals surface area (Å²) in [5.74, 6) is 2.06. The molecule has 0 unspecified atom stereocenters. The highest BCUT2D eigenvalue weighted by Gasteiger charge is 2.37. The first-order valence-electron chi connectivity index (χ1n) is 9.82. The second-order valence-corrected chi connectivity index (χ2v) is 7.89. The van der Waals surface area contributed by atoms with Gasteiger partial charge in [-0.05, 0) is 63.1 Å². The number of anilines is 3. The highest BCUT2D eigenvalue weighted by Crippen LogP contribution is 2.53. The third-order valence-corrected chi connectivity index (χ3v) is 6.36. The van der Waals surface area contributed by atoms with Crippen LogP contribution in [0.15, 0.2) is 67.0 Å². The van der Waals surface area contributed by atoms with Crippen LogP contribution >= 0.6 is 0 Å². The minimum atomic E-state index is 0.932. The largest absolute Gasteiger partial charge is 0.278 e. The lowest BCUT2D eigenvalue weighted by Crippen LogP contribution is -2.27. The minimum absolute atomic E-state index is 0.932. The highest BCUT2D eigenvalue weighted by molar-refractivity contribution is 5.93. The van der Waals surface area contributed by atoms with E-state index in [1.54, 1.807) is 0 Å². The first-order valence-corrected chi connectivity index (χ1v) is 9.82. The third kappa shape index (κ3) is 1.74. The second-order valence-electron chi connectivity index (χ2n) is 7.89. The molecule has 132 valence electrons. The molecule has 3 nitrogen and oxygen atoms in total. The summed E-state index contributed by atoms with van der Waals surface area (Å²) in [6, 6.07) is 19.8. The van der Waals surface area contributed by atoms with Crippen LogP contribution in [0, 0.1) is 0 Å². The van der Waals surface area contributed by atoms with Gasteiger partial charge in [0.1, 0.15) is 11.6 Å². The smallest absolute Gasteiger partial charge is 0.142 e.